The molecule has 5 nitrogen and oxygen atoms in total. The molecular formula is C8H10N4O. The van der Waals surface area contributed by atoms with Crippen LogP contribution in [-0.4, -0.2) is 22.1 Å². The molecule has 0 radical (unpaired) electrons. The normalized spacial score (nSPS) is 9.15. The molecule has 0 aliphatic rings. The van der Waals surface area contributed by atoms with Gasteiger partial charge in [0.2, 0.25) is 0 Å². The summed E-state index contributed by atoms with van der Waals surface area (Å²) in [5.41, 5.74) is 0. The van der Waals surface area contributed by atoms with Crippen LogP contribution in [0, 0.1) is 11.3 Å². The average molecular weight is 178 g/mol. The summed E-state index contributed by atoms with van der Waals surface area (Å²) in [6.07, 6.45) is 5.68. The van der Waals surface area contributed by atoms with Gasteiger partial charge in [0.05, 0.1) is 6.07 Å². The van der Waals surface area contributed by atoms with E-state index in [1.165, 1.54) is 17.1 Å². The van der Waals surface area contributed by atoms with Gasteiger partial charge in [0.1, 0.15) is 6.33 Å². The summed E-state index contributed by atoms with van der Waals surface area (Å²) in [7, 11) is 0. The van der Waals surface area contributed by atoms with E-state index in [1.54, 1.807) is 6.20 Å². The Kier molecular flexibility index (Phi) is 3.51. The van der Waals surface area contributed by atoms with E-state index in [9.17, 15) is 4.79 Å². The van der Waals surface area contributed by atoms with Crippen LogP contribution in [0.5, 0.6) is 0 Å². The first kappa shape index (κ1) is 9.26. The van der Waals surface area contributed by atoms with Crippen molar-refractivity contribution in [3.63, 3.8) is 0 Å². The molecule has 0 spiro atoms. The van der Waals surface area contributed by atoms with Crippen LogP contribution in [0.2, 0.25) is 0 Å². The molecular weight excluding hydrogens is 168 g/mol. The zero-order valence-electron chi connectivity index (χ0n) is 7.10. The quantitative estimate of drug-likeness (QED) is 0.694. The van der Waals surface area contributed by atoms with Crippen LogP contribution in [0.15, 0.2) is 18.7 Å². The number of carbonyl (C=O) groups excluding carboxylic acids is 1. The molecule has 1 rings (SSSR count). The van der Waals surface area contributed by atoms with Crippen LogP contribution in [0.1, 0.15) is 12.8 Å². The number of rotatable bonds is 3. The number of hydrogen-bond acceptors (Lipinski definition) is 3. The van der Waals surface area contributed by atoms with Crippen LogP contribution >= 0.6 is 0 Å². The molecule has 13 heavy (non-hydrogen) atoms. The topological polar surface area (TPSA) is 70.7 Å². The summed E-state index contributed by atoms with van der Waals surface area (Å²) in [5.74, 6) is 0. The Labute approximate surface area is 76.0 Å². The van der Waals surface area contributed by atoms with Gasteiger partial charge in [-0.25, -0.2) is 9.78 Å². The molecule has 0 aliphatic carbocycles. The van der Waals surface area contributed by atoms with E-state index in [0.717, 1.165) is 0 Å². The maximum atomic E-state index is 11.2. The second-order valence-corrected chi connectivity index (χ2v) is 2.46. The number of nitriles is 1. The lowest BCUT2D eigenvalue weighted by Crippen LogP contribution is -2.28. The van der Waals surface area contributed by atoms with Crippen molar-refractivity contribution in [3.8, 4) is 6.07 Å². The highest BCUT2D eigenvalue weighted by molar-refractivity contribution is 5.76. The molecule has 1 N–H and O–H groups in total. The van der Waals surface area contributed by atoms with Crippen molar-refractivity contribution < 1.29 is 4.79 Å². The number of hydrogen-bond donors (Lipinski definition) is 1. The minimum Gasteiger partial charge on any atom is -0.337 e. The average Bonchev–Trinajstić information content (AvgIpc) is 2.65. The fourth-order valence-electron chi connectivity index (χ4n) is 0.833. The van der Waals surface area contributed by atoms with Gasteiger partial charge < -0.3 is 5.32 Å². The van der Waals surface area contributed by atoms with Gasteiger partial charge in [-0.05, 0) is 6.42 Å². The first-order valence-corrected chi connectivity index (χ1v) is 3.97. The maximum Gasteiger partial charge on any atom is 0.326 e. The van der Waals surface area contributed by atoms with Gasteiger partial charge in [-0.15, -0.1) is 0 Å². The molecule has 0 bridgehead atoms. The maximum absolute atomic E-state index is 11.2. The van der Waals surface area contributed by atoms with Gasteiger partial charge in [-0.2, -0.15) is 5.26 Å². The number of nitrogens with one attached hydrogen (secondary N) is 1. The SMILES string of the molecule is N#CCCCNC(=O)n1ccnc1. The first-order valence-electron chi connectivity index (χ1n) is 3.97. The molecule has 1 amide bonds. The van der Waals surface area contributed by atoms with Crippen molar-refractivity contribution in [2.45, 2.75) is 12.8 Å². The van der Waals surface area contributed by atoms with Crippen LogP contribution in [-0.2, 0) is 0 Å². The van der Waals surface area contributed by atoms with Gasteiger partial charge in [0.15, 0.2) is 0 Å². The Morgan fingerprint density at radius 2 is 2.54 bits per heavy atom. The largest absolute Gasteiger partial charge is 0.337 e. The van der Waals surface area contributed by atoms with Gasteiger partial charge >= 0.3 is 6.03 Å². The van der Waals surface area contributed by atoms with E-state index in [2.05, 4.69) is 10.3 Å². The molecule has 1 aromatic rings. The van der Waals surface area contributed by atoms with Crippen molar-refractivity contribution in [2.75, 3.05) is 6.54 Å². The molecule has 0 saturated carbocycles. The van der Waals surface area contributed by atoms with Crippen molar-refractivity contribution in [1.29, 1.82) is 5.26 Å². The standard InChI is InChI=1S/C8H10N4O/c9-3-1-2-4-11-8(13)12-6-5-10-7-12/h5-7H,1-2,4H2,(H,11,13). The smallest absolute Gasteiger partial charge is 0.326 e. The molecule has 68 valence electrons. The predicted molar refractivity (Wildman–Crippen MR) is 45.9 cm³/mol. The lowest BCUT2D eigenvalue weighted by Gasteiger charge is -2.02. The number of nitrogens with zero attached hydrogens (tertiary/aromatic N) is 3. The molecule has 5 heteroatoms. The Morgan fingerprint density at radius 3 is 3.15 bits per heavy atom. The number of imidazole rings is 1. The van der Waals surface area contributed by atoms with Crippen LogP contribution in [0.3, 0.4) is 0 Å². The monoisotopic (exact) mass is 178 g/mol. The lowest BCUT2D eigenvalue weighted by atomic mass is 10.3. The minimum absolute atomic E-state index is 0.213. The van der Waals surface area contributed by atoms with Gasteiger partial charge in [-0.1, -0.05) is 0 Å². The Balaban J connectivity index is 2.24. The third-order valence-corrected chi connectivity index (χ3v) is 1.48. The zero-order valence-corrected chi connectivity index (χ0v) is 7.10. The Bertz CT molecular complexity index is 298. The summed E-state index contributed by atoms with van der Waals surface area (Å²) < 4.78 is 1.35. The third-order valence-electron chi connectivity index (χ3n) is 1.48. The first-order chi connectivity index (χ1) is 6.34. The molecule has 0 aromatic carbocycles. The summed E-state index contributed by atoms with van der Waals surface area (Å²) in [4.78, 5) is 14.9. The van der Waals surface area contributed by atoms with E-state index in [0.29, 0.717) is 19.4 Å². The van der Waals surface area contributed by atoms with Crippen molar-refractivity contribution in [3.05, 3.63) is 18.7 Å². The van der Waals surface area contributed by atoms with Gasteiger partial charge in [0.25, 0.3) is 0 Å². The molecule has 0 fully saturated rings. The summed E-state index contributed by atoms with van der Waals surface area (Å²) in [6.45, 7) is 0.518. The highest BCUT2D eigenvalue weighted by atomic mass is 16.2. The minimum atomic E-state index is -0.213. The molecule has 0 unspecified atom stereocenters. The van der Waals surface area contributed by atoms with Crippen LogP contribution in [0.25, 0.3) is 0 Å². The highest BCUT2D eigenvalue weighted by Gasteiger charge is 2.00. The van der Waals surface area contributed by atoms with E-state index in [4.69, 9.17) is 5.26 Å². The van der Waals surface area contributed by atoms with Crippen LogP contribution < -0.4 is 5.32 Å². The summed E-state index contributed by atoms with van der Waals surface area (Å²) in [5, 5.41) is 10.9. The van der Waals surface area contributed by atoms with Crippen LogP contribution in [0.4, 0.5) is 4.79 Å². The van der Waals surface area contributed by atoms with Crippen molar-refractivity contribution in [2.24, 2.45) is 0 Å². The Morgan fingerprint density at radius 1 is 1.69 bits per heavy atom. The summed E-state index contributed by atoms with van der Waals surface area (Å²) in [6, 6.07) is 1.79. The van der Waals surface area contributed by atoms with Crippen molar-refractivity contribution in [1.82, 2.24) is 14.9 Å². The van der Waals surface area contributed by atoms with E-state index >= 15 is 0 Å². The van der Waals surface area contributed by atoms with E-state index < -0.39 is 0 Å². The highest BCUT2D eigenvalue weighted by Crippen LogP contribution is 1.87. The Hall–Kier alpha value is -1.83. The summed E-state index contributed by atoms with van der Waals surface area (Å²) >= 11 is 0. The third kappa shape index (κ3) is 2.95. The molecule has 0 saturated heterocycles. The predicted octanol–water partition coefficient (Wildman–Crippen LogP) is 0.745. The van der Waals surface area contributed by atoms with E-state index in [1.807, 2.05) is 6.07 Å². The molecule has 0 atom stereocenters. The number of aromatic nitrogens is 2. The second-order valence-electron chi connectivity index (χ2n) is 2.46. The number of unbranched alkanes of at least 4 members (excludes halogenated alkanes) is 1. The fraction of sp³-hybridized carbons (Fsp3) is 0.375. The second kappa shape index (κ2) is 4.93. The van der Waals surface area contributed by atoms with Gasteiger partial charge in [0, 0.05) is 25.4 Å². The zero-order chi connectivity index (χ0) is 9.52. The molecule has 1 heterocycles. The van der Waals surface area contributed by atoms with Gasteiger partial charge in [-0.3, -0.25) is 4.57 Å². The number of amides is 1. The number of carbonyl (C=O) groups is 1. The lowest BCUT2D eigenvalue weighted by molar-refractivity contribution is 0.242. The fourth-order valence-corrected chi connectivity index (χ4v) is 0.833. The van der Waals surface area contributed by atoms with Crippen molar-refractivity contribution >= 4 is 6.03 Å². The molecule has 0 aliphatic heterocycles. The molecule has 1 aromatic heterocycles. The van der Waals surface area contributed by atoms with E-state index in [-0.39, 0.29) is 6.03 Å².